The van der Waals surface area contributed by atoms with Crippen molar-refractivity contribution in [1.29, 1.82) is 0 Å². The molecule has 0 rings (SSSR count). The normalized spacial score (nSPS) is 13.7. The summed E-state index contributed by atoms with van der Waals surface area (Å²) in [5.41, 5.74) is 0. The number of carboxylic acid groups (broad SMARTS) is 1. The molecule has 8 nitrogen and oxygen atoms in total. The Labute approximate surface area is 361 Å². The summed E-state index contributed by atoms with van der Waals surface area (Å²) in [6, 6.07) is -0.633. The number of aliphatic carboxylic acids is 1. The third-order valence-corrected chi connectivity index (χ3v) is 9.91. The summed E-state index contributed by atoms with van der Waals surface area (Å²) in [5.74, 6) is -1.58. The number of rotatable bonds is 40. The Balaban J connectivity index is 4.35. The number of hydrogen-bond donors (Lipinski definition) is 1. The predicted octanol–water partition coefficient (Wildman–Crippen LogP) is 12.9. The lowest BCUT2D eigenvalue weighted by Gasteiger charge is -2.31. The first kappa shape index (κ1) is 55.5. The molecule has 0 fully saturated rings. The number of unbranched alkanes of at least 4 members (excludes halogenated alkanes) is 16. The van der Waals surface area contributed by atoms with Crippen LogP contribution in [0.15, 0.2) is 85.1 Å². The number of carbonyl (C=O) groups is 3. The second-order valence-corrected chi connectivity index (χ2v) is 16.4. The monoisotopic (exact) mass is 825 g/mol. The van der Waals surface area contributed by atoms with Gasteiger partial charge in [-0.15, -0.1) is 0 Å². The molecule has 0 heterocycles. The number of esters is 2. The summed E-state index contributed by atoms with van der Waals surface area (Å²) < 4.78 is 17.2. The fourth-order valence-corrected chi connectivity index (χ4v) is 6.33. The molecule has 59 heavy (non-hydrogen) atoms. The molecule has 0 bridgehead atoms. The zero-order chi connectivity index (χ0) is 43.5. The number of carboxylic acids is 1. The van der Waals surface area contributed by atoms with E-state index in [9.17, 15) is 19.5 Å². The van der Waals surface area contributed by atoms with Crippen LogP contribution in [0.25, 0.3) is 0 Å². The molecule has 0 aliphatic rings. The van der Waals surface area contributed by atoms with Crippen molar-refractivity contribution < 1.29 is 38.2 Å². The van der Waals surface area contributed by atoms with E-state index >= 15 is 0 Å². The Morgan fingerprint density at radius 2 is 1.03 bits per heavy atom. The molecule has 0 aliphatic carbocycles. The van der Waals surface area contributed by atoms with Crippen LogP contribution < -0.4 is 0 Å². The average molecular weight is 825 g/mol. The van der Waals surface area contributed by atoms with Gasteiger partial charge < -0.3 is 23.8 Å². The van der Waals surface area contributed by atoms with E-state index in [2.05, 4.69) is 44.2 Å². The van der Waals surface area contributed by atoms with Crippen molar-refractivity contribution in [3.05, 3.63) is 85.1 Å². The van der Waals surface area contributed by atoms with Crippen molar-refractivity contribution >= 4 is 17.9 Å². The van der Waals surface area contributed by atoms with Crippen molar-refractivity contribution in [2.24, 2.45) is 0 Å². The summed E-state index contributed by atoms with van der Waals surface area (Å²) in [4.78, 5) is 37.0. The second kappa shape index (κ2) is 41.3. The SMILES string of the molecule is CC/C=C/C=C/C=C/C=C/C=C/CCCC(=O)OC(COCCC(C(=O)O)[N+](C)(C)C)COC(=O)CCCCCCCCC/C=C/C/C=C/CCCCCCCCCC. The number of allylic oxidation sites excluding steroid dienone is 14. The molecule has 8 heteroatoms. The van der Waals surface area contributed by atoms with Crippen LogP contribution in [-0.2, 0) is 28.6 Å². The maximum Gasteiger partial charge on any atom is 0.362 e. The van der Waals surface area contributed by atoms with Crippen LogP contribution in [0.4, 0.5) is 0 Å². The molecule has 0 saturated carbocycles. The number of carbonyl (C=O) groups excluding carboxylic acids is 2. The number of hydrogen-bond acceptors (Lipinski definition) is 6. The summed E-state index contributed by atoms with van der Waals surface area (Å²) in [5, 5.41) is 9.62. The van der Waals surface area contributed by atoms with Crippen LogP contribution in [-0.4, -0.2) is 80.6 Å². The fourth-order valence-electron chi connectivity index (χ4n) is 6.33. The van der Waals surface area contributed by atoms with Gasteiger partial charge in [0.1, 0.15) is 6.61 Å². The van der Waals surface area contributed by atoms with E-state index < -0.39 is 18.1 Å². The van der Waals surface area contributed by atoms with Crippen LogP contribution in [0, 0.1) is 0 Å². The zero-order valence-electron chi connectivity index (χ0n) is 38.2. The minimum absolute atomic E-state index is 0.0248. The van der Waals surface area contributed by atoms with Gasteiger partial charge in [-0.1, -0.05) is 176 Å². The number of nitrogens with zero attached hydrogens (tertiary/aromatic N) is 1. The molecule has 0 aromatic heterocycles. The minimum atomic E-state index is -0.891. The van der Waals surface area contributed by atoms with Gasteiger partial charge in [0.2, 0.25) is 0 Å². The maximum atomic E-state index is 12.7. The van der Waals surface area contributed by atoms with Gasteiger partial charge in [-0.25, -0.2) is 4.79 Å². The van der Waals surface area contributed by atoms with E-state index in [-0.39, 0.29) is 42.7 Å². The number of ether oxygens (including phenoxy) is 3. The van der Waals surface area contributed by atoms with Crippen molar-refractivity contribution in [3.8, 4) is 0 Å². The lowest BCUT2D eigenvalue weighted by Crippen LogP contribution is -2.50. The van der Waals surface area contributed by atoms with E-state index in [0.29, 0.717) is 19.3 Å². The summed E-state index contributed by atoms with van der Waals surface area (Å²) in [6.45, 7) is 4.49. The smallest absolute Gasteiger partial charge is 0.362 e. The van der Waals surface area contributed by atoms with E-state index in [0.717, 1.165) is 44.9 Å². The Kier molecular flexibility index (Phi) is 38.8. The van der Waals surface area contributed by atoms with Crippen molar-refractivity contribution in [3.63, 3.8) is 0 Å². The van der Waals surface area contributed by atoms with Gasteiger partial charge in [-0.2, -0.15) is 0 Å². The molecular weight excluding hydrogens is 739 g/mol. The molecule has 0 radical (unpaired) electrons. The number of likely N-dealkylation sites (N-methyl/N-ethyl adjacent to an activating group) is 1. The topological polar surface area (TPSA) is 99.1 Å². The van der Waals surface area contributed by atoms with Crippen LogP contribution in [0.1, 0.15) is 168 Å². The Morgan fingerprint density at radius 1 is 0.542 bits per heavy atom. The molecule has 0 amide bonds. The van der Waals surface area contributed by atoms with Gasteiger partial charge in [-0.05, 0) is 57.8 Å². The van der Waals surface area contributed by atoms with E-state index in [4.69, 9.17) is 14.2 Å². The summed E-state index contributed by atoms with van der Waals surface area (Å²) >= 11 is 0. The lowest BCUT2D eigenvalue weighted by atomic mass is 10.1. The quantitative estimate of drug-likeness (QED) is 0.0216. The lowest BCUT2D eigenvalue weighted by molar-refractivity contribution is -0.887. The largest absolute Gasteiger partial charge is 0.477 e. The molecule has 2 atom stereocenters. The Morgan fingerprint density at radius 3 is 1.58 bits per heavy atom. The van der Waals surface area contributed by atoms with Crippen LogP contribution >= 0.6 is 0 Å². The van der Waals surface area contributed by atoms with Crippen molar-refractivity contribution in [1.82, 2.24) is 0 Å². The first-order valence-electron chi connectivity index (χ1n) is 23.2. The maximum absolute atomic E-state index is 12.7. The van der Waals surface area contributed by atoms with Crippen LogP contribution in [0.2, 0.25) is 0 Å². The highest BCUT2D eigenvalue weighted by Crippen LogP contribution is 2.13. The fraction of sp³-hybridized carbons (Fsp3) is 0.667. The predicted molar refractivity (Wildman–Crippen MR) is 247 cm³/mol. The van der Waals surface area contributed by atoms with Gasteiger partial charge in [0.15, 0.2) is 12.1 Å². The molecular formula is C51H86NO7+. The molecule has 0 aromatic carbocycles. The van der Waals surface area contributed by atoms with E-state index in [1.165, 1.54) is 83.5 Å². The van der Waals surface area contributed by atoms with Gasteiger partial charge >= 0.3 is 17.9 Å². The second-order valence-electron chi connectivity index (χ2n) is 16.4. The van der Waals surface area contributed by atoms with E-state index in [1.54, 1.807) is 0 Å². The van der Waals surface area contributed by atoms with Crippen LogP contribution in [0.3, 0.4) is 0 Å². The molecule has 1 N–H and O–H groups in total. The van der Waals surface area contributed by atoms with Gasteiger partial charge in [0, 0.05) is 19.3 Å². The third kappa shape index (κ3) is 39.7. The molecule has 0 aliphatic heterocycles. The summed E-state index contributed by atoms with van der Waals surface area (Å²) in [6.07, 6.45) is 53.6. The molecule has 336 valence electrons. The van der Waals surface area contributed by atoms with Crippen molar-refractivity contribution in [2.45, 2.75) is 180 Å². The zero-order valence-corrected chi connectivity index (χ0v) is 38.2. The first-order valence-corrected chi connectivity index (χ1v) is 23.2. The molecule has 0 saturated heterocycles. The number of quaternary nitrogens is 1. The van der Waals surface area contributed by atoms with E-state index in [1.807, 2.05) is 75.8 Å². The highest BCUT2D eigenvalue weighted by atomic mass is 16.6. The Bertz CT molecular complexity index is 1240. The standard InChI is InChI=1S/C51H85NO7/c1-6-8-10-12-14-16-18-20-21-22-23-24-25-26-27-28-30-31-33-35-37-39-41-49(53)58-46-47(45-57-44-43-48(51(55)56)52(3,4)5)59-50(54)42-40-38-36-34-32-29-19-17-15-13-11-9-7-2/h9,11,13,15,17,19,22-23,25-26,29,32,34,36,47-48H,6-8,10,12,14,16,18,20-21,24,27-28,30-31,33,35,37-46H2,1-5H3/p+1/b11-9+,15-13+,19-17+,23-22+,26-25+,32-29+,36-34+. The molecule has 0 spiro atoms. The van der Waals surface area contributed by atoms with Gasteiger partial charge in [0.25, 0.3) is 0 Å². The Hall–Kier alpha value is -3.49. The highest BCUT2D eigenvalue weighted by molar-refractivity contribution is 5.72. The average Bonchev–Trinajstić information content (AvgIpc) is 3.19. The molecule has 0 aromatic rings. The summed E-state index contributed by atoms with van der Waals surface area (Å²) in [7, 11) is 5.49. The third-order valence-electron chi connectivity index (χ3n) is 9.91. The highest BCUT2D eigenvalue weighted by Gasteiger charge is 2.31. The van der Waals surface area contributed by atoms with Crippen LogP contribution in [0.5, 0.6) is 0 Å². The first-order chi connectivity index (χ1) is 28.6. The molecule has 2 unspecified atom stereocenters. The minimum Gasteiger partial charge on any atom is -0.477 e. The van der Waals surface area contributed by atoms with Gasteiger partial charge in [-0.3, -0.25) is 9.59 Å². The van der Waals surface area contributed by atoms with Crippen molar-refractivity contribution in [2.75, 3.05) is 41.0 Å². The van der Waals surface area contributed by atoms with Gasteiger partial charge in [0.05, 0.1) is 34.4 Å².